The van der Waals surface area contributed by atoms with Crippen LogP contribution in [0.25, 0.3) is 0 Å². The second kappa shape index (κ2) is 6.68. The van der Waals surface area contributed by atoms with Crippen molar-refractivity contribution in [2.24, 2.45) is 34.5 Å². The third-order valence-corrected chi connectivity index (χ3v) is 11.0. The van der Waals surface area contributed by atoms with Gasteiger partial charge in [-0.2, -0.15) is 0 Å². The highest BCUT2D eigenvalue weighted by molar-refractivity contribution is 5.69. The standard InChI is InChI=1S/C25H40O5/c1-15(5-6-21(28)29-4)18-9-12-25-23(18,3)20(27)14-19-22(2)10-8-17(26)13-16(22)7-11-24(19,25)30-25/h15-20,26-27H,5-14H2,1-4H3/t15-,16-,17-,18-,19-,20+,22+,23+,24-,25+/m1/s1. The third-order valence-electron chi connectivity index (χ3n) is 11.0. The van der Waals surface area contributed by atoms with Gasteiger partial charge in [0.25, 0.3) is 0 Å². The Morgan fingerprint density at radius 3 is 2.63 bits per heavy atom. The fourth-order valence-electron chi connectivity index (χ4n) is 9.31. The van der Waals surface area contributed by atoms with Crippen molar-refractivity contribution in [1.29, 1.82) is 0 Å². The molecule has 0 unspecified atom stereocenters. The van der Waals surface area contributed by atoms with E-state index in [-0.39, 0.29) is 40.2 Å². The molecule has 5 aliphatic rings. The van der Waals surface area contributed by atoms with E-state index in [0.29, 0.717) is 30.1 Å². The van der Waals surface area contributed by atoms with Gasteiger partial charge in [0.15, 0.2) is 0 Å². The lowest BCUT2D eigenvalue weighted by Crippen LogP contribution is -2.63. The first-order chi connectivity index (χ1) is 14.1. The predicted octanol–water partition coefficient (Wildman–Crippen LogP) is 3.84. The van der Waals surface area contributed by atoms with Crippen molar-refractivity contribution in [1.82, 2.24) is 0 Å². The molecule has 5 nitrogen and oxygen atoms in total. The molecule has 0 aromatic rings. The summed E-state index contributed by atoms with van der Waals surface area (Å²) in [7, 11) is 1.45. The molecule has 5 rings (SSSR count). The van der Waals surface area contributed by atoms with Crippen LogP contribution in [0, 0.1) is 34.5 Å². The largest absolute Gasteiger partial charge is 0.469 e. The van der Waals surface area contributed by atoms with Gasteiger partial charge in [-0.15, -0.1) is 0 Å². The molecule has 5 fully saturated rings. The minimum Gasteiger partial charge on any atom is -0.469 e. The smallest absolute Gasteiger partial charge is 0.305 e. The summed E-state index contributed by atoms with van der Waals surface area (Å²) in [6, 6.07) is 0. The van der Waals surface area contributed by atoms with E-state index in [1.807, 2.05) is 0 Å². The number of hydrogen-bond donors (Lipinski definition) is 2. The lowest BCUT2D eigenvalue weighted by atomic mass is 9.43. The summed E-state index contributed by atoms with van der Waals surface area (Å²) in [5.74, 6) is 1.53. The number of rotatable bonds is 4. The van der Waals surface area contributed by atoms with Crippen LogP contribution in [-0.2, 0) is 14.3 Å². The van der Waals surface area contributed by atoms with E-state index in [4.69, 9.17) is 9.47 Å². The fraction of sp³-hybridized carbons (Fsp3) is 0.960. The maximum absolute atomic E-state index is 11.7. The maximum atomic E-state index is 11.7. The highest BCUT2D eigenvalue weighted by Crippen LogP contribution is 2.81. The molecule has 1 aliphatic heterocycles. The van der Waals surface area contributed by atoms with Gasteiger partial charge in [0.2, 0.25) is 0 Å². The second-order valence-corrected chi connectivity index (χ2v) is 11.8. The molecule has 2 N–H and O–H groups in total. The predicted molar refractivity (Wildman–Crippen MR) is 113 cm³/mol. The average Bonchev–Trinajstić information content (AvgIpc) is 3.28. The average molecular weight is 421 g/mol. The molecule has 5 heteroatoms. The van der Waals surface area contributed by atoms with Crippen molar-refractivity contribution in [2.75, 3.05) is 7.11 Å². The molecule has 0 aromatic carbocycles. The molecule has 10 atom stereocenters. The summed E-state index contributed by atoms with van der Waals surface area (Å²) in [4.78, 5) is 11.7. The molecule has 2 spiro atoms. The number of ether oxygens (including phenoxy) is 2. The van der Waals surface area contributed by atoms with Crippen LogP contribution in [0.15, 0.2) is 0 Å². The first-order valence-corrected chi connectivity index (χ1v) is 12.3. The Balaban J connectivity index is 1.42. The van der Waals surface area contributed by atoms with Crippen LogP contribution >= 0.6 is 0 Å². The van der Waals surface area contributed by atoms with Gasteiger partial charge < -0.3 is 19.7 Å². The topological polar surface area (TPSA) is 79.3 Å². The Kier molecular flexibility index (Phi) is 4.72. The summed E-state index contributed by atoms with van der Waals surface area (Å²) >= 11 is 0. The Labute approximate surface area is 180 Å². The third kappa shape index (κ3) is 2.43. The molecule has 1 saturated heterocycles. The number of methoxy groups -OCH3 is 1. The van der Waals surface area contributed by atoms with Crippen LogP contribution in [0.1, 0.15) is 85.0 Å². The SMILES string of the molecule is COC(=O)CC[C@@H](C)[C@H]1CC[C@@]23O[C@@]24CC[C@@H]2C[C@H](O)CC[C@]2(C)[C@H]4C[C@H](O)[C@]13C. The summed E-state index contributed by atoms with van der Waals surface area (Å²) in [5, 5.41) is 21.9. The van der Waals surface area contributed by atoms with Gasteiger partial charge in [0, 0.05) is 11.8 Å². The second-order valence-electron chi connectivity index (χ2n) is 11.8. The van der Waals surface area contributed by atoms with Crippen molar-refractivity contribution in [3.05, 3.63) is 0 Å². The zero-order valence-electron chi connectivity index (χ0n) is 19.2. The lowest BCUT2D eigenvalue weighted by molar-refractivity contribution is -0.142. The number of fused-ring (bicyclic) bond motifs is 2. The zero-order valence-corrected chi connectivity index (χ0v) is 19.2. The van der Waals surface area contributed by atoms with E-state index < -0.39 is 0 Å². The van der Waals surface area contributed by atoms with E-state index in [1.54, 1.807) is 0 Å². The zero-order chi connectivity index (χ0) is 21.5. The Bertz CT molecular complexity index is 724. The van der Waals surface area contributed by atoms with E-state index in [2.05, 4.69) is 20.8 Å². The number of carbonyl (C=O) groups excluding carboxylic acids is 1. The van der Waals surface area contributed by atoms with Crippen LogP contribution in [-0.4, -0.2) is 46.7 Å². The van der Waals surface area contributed by atoms with Crippen LogP contribution in [0.4, 0.5) is 0 Å². The molecular weight excluding hydrogens is 380 g/mol. The van der Waals surface area contributed by atoms with Gasteiger partial charge in [0.05, 0.1) is 19.3 Å². The lowest BCUT2D eigenvalue weighted by Gasteiger charge is -2.59. The molecule has 1 heterocycles. The van der Waals surface area contributed by atoms with Gasteiger partial charge in [-0.3, -0.25) is 4.79 Å². The summed E-state index contributed by atoms with van der Waals surface area (Å²) in [5.41, 5.74) is -0.351. The van der Waals surface area contributed by atoms with Gasteiger partial charge in [-0.1, -0.05) is 20.8 Å². The van der Waals surface area contributed by atoms with E-state index in [9.17, 15) is 15.0 Å². The first-order valence-electron chi connectivity index (χ1n) is 12.3. The first kappa shape index (κ1) is 21.2. The molecule has 4 aliphatic carbocycles. The number of esters is 1. The van der Waals surface area contributed by atoms with Crippen LogP contribution in [0.2, 0.25) is 0 Å². The van der Waals surface area contributed by atoms with Gasteiger partial charge in [-0.05, 0) is 86.9 Å². The Morgan fingerprint density at radius 2 is 1.90 bits per heavy atom. The van der Waals surface area contributed by atoms with Crippen LogP contribution < -0.4 is 0 Å². The van der Waals surface area contributed by atoms with E-state index in [0.717, 1.165) is 57.8 Å². The number of carbonyl (C=O) groups is 1. The van der Waals surface area contributed by atoms with Crippen molar-refractivity contribution >= 4 is 5.97 Å². The Morgan fingerprint density at radius 1 is 1.13 bits per heavy atom. The maximum Gasteiger partial charge on any atom is 0.305 e. The van der Waals surface area contributed by atoms with Crippen molar-refractivity contribution in [3.63, 3.8) is 0 Å². The number of aliphatic hydroxyl groups excluding tert-OH is 2. The van der Waals surface area contributed by atoms with Crippen LogP contribution in [0.5, 0.6) is 0 Å². The molecule has 0 radical (unpaired) electrons. The molecule has 0 amide bonds. The van der Waals surface area contributed by atoms with Gasteiger partial charge >= 0.3 is 5.97 Å². The highest BCUT2D eigenvalue weighted by atomic mass is 16.6. The molecule has 30 heavy (non-hydrogen) atoms. The van der Waals surface area contributed by atoms with Crippen LogP contribution in [0.3, 0.4) is 0 Å². The fourth-order valence-corrected chi connectivity index (χ4v) is 9.31. The summed E-state index contributed by atoms with van der Waals surface area (Å²) in [6.07, 6.45) is 8.73. The summed E-state index contributed by atoms with van der Waals surface area (Å²) < 4.78 is 11.8. The molecule has 0 aromatic heterocycles. The number of hydrogen-bond acceptors (Lipinski definition) is 5. The van der Waals surface area contributed by atoms with E-state index in [1.165, 1.54) is 7.11 Å². The normalized spacial score (nSPS) is 54.9. The monoisotopic (exact) mass is 420 g/mol. The molecule has 0 bridgehead atoms. The van der Waals surface area contributed by atoms with Gasteiger partial charge in [-0.25, -0.2) is 0 Å². The minimum absolute atomic E-state index is 0.0780. The summed E-state index contributed by atoms with van der Waals surface area (Å²) in [6.45, 7) is 6.95. The molecule has 4 saturated carbocycles. The quantitative estimate of drug-likeness (QED) is 0.534. The molecular formula is C25H40O5. The highest BCUT2D eigenvalue weighted by Gasteiger charge is 2.88. The van der Waals surface area contributed by atoms with E-state index >= 15 is 0 Å². The number of epoxide rings is 1. The van der Waals surface area contributed by atoms with Crippen molar-refractivity contribution < 1.29 is 24.5 Å². The minimum atomic E-state index is -0.367. The number of aliphatic hydroxyl groups is 2. The molecule has 170 valence electrons. The Hall–Kier alpha value is -0.650. The van der Waals surface area contributed by atoms with Crippen molar-refractivity contribution in [2.45, 2.75) is 108 Å². The van der Waals surface area contributed by atoms with Crippen molar-refractivity contribution in [3.8, 4) is 0 Å². The van der Waals surface area contributed by atoms with Gasteiger partial charge in [0.1, 0.15) is 11.2 Å².